The summed E-state index contributed by atoms with van der Waals surface area (Å²) in [6.07, 6.45) is 8.12. The van der Waals surface area contributed by atoms with Crippen molar-refractivity contribution in [2.24, 2.45) is 0 Å². The zero-order valence-corrected chi connectivity index (χ0v) is 12.5. The molecule has 0 aliphatic carbocycles. The molecule has 108 valence electrons. The van der Waals surface area contributed by atoms with Crippen molar-refractivity contribution in [1.82, 2.24) is 0 Å². The molecule has 2 heteroatoms. The van der Waals surface area contributed by atoms with Gasteiger partial charge in [0.1, 0.15) is 11.3 Å². The topological polar surface area (TPSA) is 15.8 Å². The highest BCUT2D eigenvalue weighted by Crippen LogP contribution is 2.34. The largest absolute Gasteiger partial charge is 0.542 e. The zero-order valence-electron chi connectivity index (χ0n) is 12.5. The van der Waals surface area contributed by atoms with E-state index in [1.807, 2.05) is 48.9 Å². The number of fused-ring (bicyclic) bond motifs is 3. The standard InChI is InChI=1S/C20H17O2/c1-15-6-5-9-19-20(15)17-14-22(13-11-18(17)21-19)12-10-16-7-3-2-4-8-16/h2-13H,14H2,1H3/q+1. The van der Waals surface area contributed by atoms with Gasteiger partial charge in [0, 0.05) is 11.5 Å². The van der Waals surface area contributed by atoms with E-state index in [1.54, 1.807) is 0 Å². The first-order valence-electron chi connectivity index (χ1n) is 7.42. The summed E-state index contributed by atoms with van der Waals surface area (Å²) in [5, 5.41) is 1.23. The molecule has 0 bridgehead atoms. The molecule has 0 spiro atoms. The van der Waals surface area contributed by atoms with Gasteiger partial charge in [-0.05, 0) is 24.1 Å². The maximum absolute atomic E-state index is 5.93. The van der Waals surface area contributed by atoms with Crippen LogP contribution < -0.4 is 0 Å². The number of rotatable bonds is 2. The van der Waals surface area contributed by atoms with Crippen molar-refractivity contribution < 1.29 is 8.78 Å². The summed E-state index contributed by atoms with van der Waals surface area (Å²) >= 11 is 0. The SMILES string of the molecule is Cc1cccc2oc3c(c12)C[O+](C=Cc1ccccc1)C=C3. The number of benzene rings is 2. The Morgan fingerprint density at radius 3 is 2.77 bits per heavy atom. The van der Waals surface area contributed by atoms with E-state index in [0.29, 0.717) is 0 Å². The third-order valence-corrected chi connectivity index (χ3v) is 3.99. The summed E-state index contributed by atoms with van der Waals surface area (Å²) < 4.78 is 9.01. The van der Waals surface area contributed by atoms with E-state index in [2.05, 4.69) is 35.6 Å². The molecule has 4 rings (SSSR count). The van der Waals surface area contributed by atoms with E-state index in [0.717, 1.165) is 18.0 Å². The molecule has 0 fully saturated rings. The van der Waals surface area contributed by atoms with Crippen LogP contribution in [0.4, 0.5) is 0 Å². The Kier molecular flexibility index (Phi) is 3.08. The average molecular weight is 289 g/mol. The van der Waals surface area contributed by atoms with E-state index >= 15 is 0 Å². The van der Waals surface area contributed by atoms with Crippen LogP contribution in [0.15, 0.2) is 65.5 Å². The van der Waals surface area contributed by atoms with Crippen molar-refractivity contribution >= 4 is 23.1 Å². The van der Waals surface area contributed by atoms with Crippen LogP contribution in [-0.2, 0) is 11.0 Å². The van der Waals surface area contributed by atoms with Crippen molar-refractivity contribution in [3.8, 4) is 0 Å². The Bertz CT molecular complexity index is 869. The fraction of sp³-hybridized carbons (Fsp3) is 0.100. The van der Waals surface area contributed by atoms with Crippen LogP contribution in [0.25, 0.3) is 23.1 Å². The molecule has 0 amide bonds. The Balaban J connectivity index is 1.66. The Labute approximate surface area is 129 Å². The lowest BCUT2D eigenvalue weighted by Crippen LogP contribution is -2.04. The van der Waals surface area contributed by atoms with Gasteiger partial charge in [0.15, 0.2) is 0 Å². The van der Waals surface area contributed by atoms with Gasteiger partial charge in [0.2, 0.25) is 19.1 Å². The lowest BCUT2D eigenvalue weighted by Gasteiger charge is -2.17. The highest BCUT2D eigenvalue weighted by atomic mass is 16.7. The highest BCUT2D eigenvalue weighted by Gasteiger charge is 2.22. The second-order valence-corrected chi connectivity index (χ2v) is 5.52. The minimum absolute atomic E-state index is 0.757. The Morgan fingerprint density at radius 2 is 1.91 bits per heavy atom. The molecule has 0 saturated heterocycles. The van der Waals surface area contributed by atoms with Gasteiger partial charge in [-0.15, -0.1) is 0 Å². The first-order valence-corrected chi connectivity index (χ1v) is 7.42. The number of aryl methyl sites for hydroxylation is 1. The van der Waals surface area contributed by atoms with E-state index in [1.165, 1.54) is 22.1 Å². The molecule has 2 aromatic carbocycles. The van der Waals surface area contributed by atoms with Crippen LogP contribution in [0.2, 0.25) is 0 Å². The van der Waals surface area contributed by atoms with Crippen LogP contribution in [-0.4, -0.2) is 0 Å². The predicted molar refractivity (Wildman–Crippen MR) is 90.3 cm³/mol. The minimum Gasteiger partial charge on any atom is -0.542 e. The van der Waals surface area contributed by atoms with Gasteiger partial charge in [-0.3, -0.25) is 0 Å². The van der Waals surface area contributed by atoms with Gasteiger partial charge in [0.25, 0.3) is 0 Å². The maximum Gasteiger partial charge on any atom is 0.227 e. The molecule has 0 N–H and O–H groups in total. The van der Waals surface area contributed by atoms with Gasteiger partial charge in [-0.25, -0.2) is 0 Å². The first-order chi connectivity index (χ1) is 10.8. The van der Waals surface area contributed by atoms with Crippen molar-refractivity contribution in [3.05, 3.63) is 83.5 Å². The Morgan fingerprint density at radius 1 is 1.05 bits per heavy atom. The van der Waals surface area contributed by atoms with E-state index in [4.69, 9.17) is 4.42 Å². The van der Waals surface area contributed by atoms with Crippen molar-refractivity contribution in [2.45, 2.75) is 13.5 Å². The molecule has 0 radical (unpaired) electrons. The molecule has 2 nitrogen and oxygen atoms in total. The second-order valence-electron chi connectivity index (χ2n) is 5.52. The van der Waals surface area contributed by atoms with Gasteiger partial charge >= 0.3 is 0 Å². The summed E-state index contributed by atoms with van der Waals surface area (Å²) in [5.41, 5.74) is 4.63. The molecular formula is C20H17O2+. The smallest absolute Gasteiger partial charge is 0.227 e. The highest BCUT2D eigenvalue weighted by molar-refractivity contribution is 5.87. The molecule has 2 heterocycles. The second kappa shape index (κ2) is 5.23. The number of hydrogen-bond donors (Lipinski definition) is 0. The summed E-state index contributed by atoms with van der Waals surface area (Å²) in [6, 6.07) is 16.5. The molecule has 1 aromatic heterocycles. The molecule has 3 aromatic rings. The summed E-state index contributed by atoms with van der Waals surface area (Å²) in [5.74, 6) is 0.959. The summed E-state index contributed by atoms with van der Waals surface area (Å²) in [4.78, 5) is 0. The fourth-order valence-corrected chi connectivity index (χ4v) is 2.88. The maximum atomic E-state index is 5.93. The number of furan rings is 1. The van der Waals surface area contributed by atoms with Gasteiger partial charge in [0.05, 0.1) is 11.6 Å². The quantitative estimate of drug-likeness (QED) is 0.452. The third-order valence-electron chi connectivity index (χ3n) is 3.99. The normalized spacial score (nSPS) is 14.0. The molecule has 22 heavy (non-hydrogen) atoms. The van der Waals surface area contributed by atoms with Gasteiger partial charge in [-0.2, -0.15) is 0 Å². The predicted octanol–water partition coefficient (Wildman–Crippen LogP) is 5.45. The minimum atomic E-state index is 0.757. The van der Waals surface area contributed by atoms with Crippen molar-refractivity contribution in [1.29, 1.82) is 0 Å². The Hall–Kier alpha value is -2.74. The third kappa shape index (κ3) is 2.23. The lowest BCUT2D eigenvalue weighted by molar-refractivity contribution is 0.0202. The van der Waals surface area contributed by atoms with Crippen LogP contribution in [0, 0.1) is 6.92 Å². The molecule has 0 saturated carbocycles. The molecule has 1 aliphatic rings. The van der Waals surface area contributed by atoms with Crippen LogP contribution in [0.3, 0.4) is 0 Å². The van der Waals surface area contributed by atoms with E-state index in [-0.39, 0.29) is 0 Å². The number of hydrogen-bond acceptors (Lipinski definition) is 1. The van der Waals surface area contributed by atoms with Crippen LogP contribution in [0.5, 0.6) is 0 Å². The van der Waals surface area contributed by atoms with E-state index < -0.39 is 0 Å². The van der Waals surface area contributed by atoms with Gasteiger partial charge < -0.3 is 8.78 Å². The zero-order chi connectivity index (χ0) is 14.9. The fourth-order valence-electron chi connectivity index (χ4n) is 2.88. The molecule has 0 atom stereocenters. The molecular weight excluding hydrogens is 272 g/mol. The van der Waals surface area contributed by atoms with Crippen LogP contribution >= 0.6 is 0 Å². The first kappa shape index (κ1) is 13.0. The molecule has 0 unspecified atom stereocenters. The van der Waals surface area contributed by atoms with Gasteiger partial charge in [-0.1, -0.05) is 42.5 Å². The summed E-state index contributed by atoms with van der Waals surface area (Å²) in [6.45, 7) is 2.89. The molecule has 1 aliphatic heterocycles. The van der Waals surface area contributed by atoms with E-state index in [9.17, 15) is 0 Å². The lowest BCUT2D eigenvalue weighted by atomic mass is 10.1. The monoisotopic (exact) mass is 289 g/mol. The van der Waals surface area contributed by atoms with Crippen molar-refractivity contribution in [2.75, 3.05) is 0 Å². The van der Waals surface area contributed by atoms with Crippen molar-refractivity contribution in [3.63, 3.8) is 0 Å². The van der Waals surface area contributed by atoms with Crippen LogP contribution in [0.1, 0.15) is 22.5 Å². The average Bonchev–Trinajstić information content (AvgIpc) is 2.93. The summed E-state index contributed by atoms with van der Waals surface area (Å²) in [7, 11) is 0.